The van der Waals surface area contributed by atoms with Gasteiger partial charge in [-0.3, -0.25) is 4.79 Å². The highest BCUT2D eigenvalue weighted by atomic mass is 79.9. The summed E-state index contributed by atoms with van der Waals surface area (Å²) in [6.45, 7) is 4.75. The lowest BCUT2D eigenvalue weighted by Crippen LogP contribution is -2.54. The summed E-state index contributed by atoms with van der Waals surface area (Å²) < 4.78 is 0. The van der Waals surface area contributed by atoms with Gasteiger partial charge in [0.25, 0.3) is 0 Å². The largest absolute Gasteiger partial charge is 0.393 e. The van der Waals surface area contributed by atoms with E-state index in [-0.39, 0.29) is 16.3 Å². The molecule has 0 bridgehead atoms. The molecule has 1 N–H and O–H groups in total. The maximum absolute atomic E-state index is 12.7. The highest BCUT2D eigenvalue weighted by Crippen LogP contribution is 2.65. The zero-order chi connectivity index (χ0) is 15.7. The average molecular weight is 369 g/mol. The predicted molar refractivity (Wildman–Crippen MR) is 90.8 cm³/mol. The van der Waals surface area contributed by atoms with Gasteiger partial charge in [0.1, 0.15) is 0 Å². The maximum Gasteiger partial charge on any atom is 0.152 e. The Morgan fingerprint density at radius 1 is 1.05 bits per heavy atom. The van der Waals surface area contributed by atoms with Crippen molar-refractivity contribution in [3.05, 3.63) is 0 Å². The molecule has 0 spiro atoms. The van der Waals surface area contributed by atoms with E-state index in [2.05, 4.69) is 29.8 Å². The molecule has 4 aliphatic carbocycles. The number of alkyl halides is 1. The molecule has 0 aromatic heterocycles. The number of carbonyl (C=O) groups excluding carboxylic acids is 1. The van der Waals surface area contributed by atoms with Gasteiger partial charge < -0.3 is 5.11 Å². The quantitative estimate of drug-likeness (QED) is 0.646. The van der Waals surface area contributed by atoms with Crippen molar-refractivity contribution in [2.24, 2.45) is 34.5 Å². The molecule has 0 heterocycles. The second kappa shape index (κ2) is 5.05. The molecular formula is C19H29BrO2. The van der Waals surface area contributed by atoms with Crippen LogP contribution in [0.1, 0.15) is 65.2 Å². The number of halogens is 1. The number of hydrogen-bond donors (Lipinski definition) is 1. The Hall–Kier alpha value is 0.110. The minimum absolute atomic E-state index is 0.0628. The Kier molecular flexibility index (Phi) is 3.59. The highest BCUT2D eigenvalue weighted by Gasteiger charge is 2.61. The number of aliphatic hydroxyl groups is 1. The molecule has 3 heteroatoms. The normalized spacial score (nSPS) is 57.9. The van der Waals surface area contributed by atoms with Gasteiger partial charge in [-0.05, 0) is 80.5 Å². The molecule has 8 atom stereocenters. The third-order valence-corrected chi connectivity index (χ3v) is 9.13. The second-order valence-electron chi connectivity index (χ2n) is 9.11. The van der Waals surface area contributed by atoms with Gasteiger partial charge in [0.05, 0.1) is 10.9 Å². The summed E-state index contributed by atoms with van der Waals surface area (Å²) in [6.07, 6.45) is 9.04. The summed E-state index contributed by atoms with van der Waals surface area (Å²) in [7, 11) is 0. The first-order chi connectivity index (χ1) is 10.4. The van der Waals surface area contributed by atoms with Crippen molar-refractivity contribution in [2.75, 3.05) is 0 Å². The van der Waals surface area contributed by atoms with Crippen LogP contribution in [0, 0.1) is 34.5 Å². The maximum atomic E-state index is 12.7. The summed E-state index contributed by atoms with van der Waals surface area (Å²) >= 11 is 3.65. The lowest BCUT2D eigenvalue weighted by molar-refractivity contribution is -0.142. The SMILES string of the molecule is C[C@]12CC[C@@H](O)CC1CC[C@@H]1[C@@H]2CC[C@]2(C)C(=O)[C@H](Br)C[C@@H]12. The van der Waals surface area contributed by atoms with Crippen molar-refractivity contribution in [1.82, 2.24) is 0 Å². The summed E-state index contributed by atoms with van der Waals surface area (Å²) in [5.74, 6) is 3.29. The van der Waals surface area contributed by atoms with Crippen molar-refractivity contribution < 1.29 is 9.90 Å². The van der Waals surface area contributed by atoms with Crippen molar-refractivity contribution >= 4 is 21.7 Å². The topological polar surface area (TPSA) is 37.3 Å². The monoisotopic (exact) mass is 368 g/mol. The summed E-state index contributed by atoms with van der Waals surface area (Å²) in [5, 5.41) is 10.1. The summed E-state index contributed by atoms with van der Waals surface area (Å²) in [5.41, 5.74) is 0.351. The van der Waals surface area contributed by atoms with Gasteiger partial charge in [-0.2, -0.15) is 0 Å². The smallest absolute Gasteiger partial charge is 0.152 e. The zero-order valence-corrected chi connectivity index (χ0v) is 15.4. The zero-order valence-electron chi connectivity index (χ0n) is 13.9. The second-order valence-corrected chi connectivity index (χ2v) is 10.2. The van der Waals surface area contributed by atoms with Gasteiger partial charge in [-0.15, -0.1) is 0 Å². The predicted octanol–water partition coefficient (Wildman–Crippen LogP) is 4.33. The van der Waals surface area contributed by atoms with Crippen LogP contribution in [-0.4, -0.2) is 21.8 Å². The first-order valence-electron chi connectivity index (χ1n) is 9.23. The Balaban J connectivity index is 1.64. The molecule has 0 saturated heterocycles. The van der Waals surface area contributed by atoms with Crippen LogP contribution >= 0.6 is 15.9 Å². The fourth-order valence-electron chi connectivity index (χ4n) is 6.98. The van der Waals surface area contributed by atoms with Crippen molar-refractivity contribution in [3.8, 4) is 0 Å². The molecule has 4 aliphatic rings. The minimum Gasteiger partial charge on any atom is -0.393 e. The van der Waals surface area contributed by atoms with Gasteiger partial charge in [-0.1, -0.05) is 29.8 Å². The number of ketones is 1. The summed E-state index contributed by atoms with van der Waals surface area (Å²) in [4.78, 5) is 12.8. The lowest BCUT2D eigenvalue weighted by Gasteiger charge is -2.60. The van der Waals surface area contributed by atoms with Crippen LogP contribution in [0.3, 0.4) is 0 Å². The highest BCUT2D eigenvalue weighted by molar-refractivity contribution is 9.10. The van der Waals surface area contributed by atoms with E-state index >= 15 is 0 Å². The van der Waals surface area contributed by atoms with E-state index in [1.54, 1.807) is 0 Å². The van der Waals surface area contributed by atoms with E-state index in [1.165, 1.54) is 25.7 Å². The van der Waals surface area contributed by atoms with Gasteiger partial charge in [-0.25, -0.2) is 0 Å². The molecule has 22 heavy (non-hydrogen) atoms. The molecular weight excluding hydrogens is 340 g/mol. The number of carbonyl (C=O) groups is 1. The third kappa shape index (κ3) is 1.97. The van der Waals surface area contributed by atoms with Crippen LogP contribution in [0.25, 0.3) is 0 Å². The van der Waals surface area contributed by atoms with Crippen LogP contribution < -0.4 is 0 Å². The molecule has 4 fully saturated rings. The van der Waals surface area contributed by atoms with E-state index in [0.29, 0.717) is 23.0 Å². The Bertz CT molecular complexity index is 492. The molecule has 124 valence electrons. The molecule has 2 nitrogen and oxygen atoms in total. The minimum atomic E-state index is -0.0662. The van der Waals surface area contributed by atoms with Crippen LogP contribution in [0.2, 0.25) is 0 Å². The van der Waals surface area contributed by atoms with Gasteiger partial charge in [0, 0.05) is 5.41 Å². The van der Waals surface area contributed by atoms with Gasteiger partial charge >= 0.3 is 0 Å². The third-order valence-electron chi connectivity index (χ3n) is 8.34. The Labute approximate surface area is 142 Å². The number of hydrogen-bond acceptors (Lipinski definition) is 2. The van der Waals surface area contributed by atoms with Crippen LogP contribution in [0.4, 0.5) is 0 Å². The van der Waals surface area contributed by atoms with Gasteiger partial charge in [0.2, 0.25) is 0 Å². The van der Waals surface area contributed by atoms with Crippen LogP contribution in [0.15, 0.2) is 0 Å². The average Bonchev–Trinajstić information content (AvgIpc) is 2.72. The molecule has 1 unspecified atom stereocenters. The molecule has 0 aliphatic heterocycles. The van der Waals surface area contributed by atoms with E-state index in [1.807, 2.05) is 0 Å². The van der Waals surface area contributed by atoms with Crippen LogP contribution in [-0.2, 0) is 4.79 Å². The molecule has 0 radical (unpaired) electrons. The lowest BCUT2D eigenvalue weighted by atomic mass is 9.45. The number of fused-ring (bicyclic) bond motifs is 5. The molecule has 0 aromatic carbocycles. The summed E-state index contributed by atoms with van der Waals surface area (Å²) in [6, 6.07) is 0. The number of Topliss-reactive ketones (excluding diaryl/α,β-unsaturated/α-hetero) is 1. The first kappa shape index (κ1) is 15.6. The van der Waals surface area contributed by atoms with E-state index in [4.69, 9.17) is 0 Å². The first-order valence-corrected chi connectivity index (χ1v) is 10.1. The molecule has 0 amide bonds. The van der Waals surface area contributed by atoms with E-state index in [9.17, 15) is 9.90 Å². The van der Waals surface area contributed by atoms with Gasteiger partial charge in [0.15, 0.2) is 5.78 Å². The van der Waals surface area contributed by atoms with Crippen molar-refractivity contribution in [3.63, 3.8) is 0 Å². The van der Waals surface area contributed by atoms with Crippen molar-refractivity contribution in [1.29, 1.82) is 0 Å². The molecule has 0 aromatic rings. The van der Waals surface area contributed by atoms with Crippen LogP contribution in [0.5, 0.6) is 0 Å². The Morgan fingerprint density at radius 2 is 1.82 bits per heavy atom. The number of aliphatic hydroxyl groups excluding tert-OH is 1. The fraction of sp³-hybridized carbons (Fsp3) is 0.947. The Morgan fingerprint density at radius 3 is 2.59 bits per heavy atom. The van der Waals surface area contributed by atoms with Crippen molar-refractivity contribution in [2.45, 2.75) is 76.1 Å². The van der Waals surface area contributed by atoms with E-state index in [0.717, 1.165) is 37.5 Å². The van der Waals surface area contributed by atoms with E-state index < -0.39 is 0 Å². The fourth-order valence-corrected chi connectivity index (χ4v) is 7.91. The standard InChI is InChI=1S/C19H29BrO2/c1-18-7-5-12(21)9-11(18)3-4-13-14(18)6-8-19(2)15(13)10-16(20)17(19)22/h11-16,21H,3-10H2,1-2H3/t11?,12-,13-,14+,15+,16-,18+,19+/m1/s1. The number of rotatable bonds is 0. The molecule has 4 rings (SSSR count). The molecule has 4 saturated carbocycles.